The van der Waals surface area contributed by atoms with Crippen LogP contribution >= 0.6 is 12.6 Å². The van der Waals surface area contributed by atoms with E-state index in [9.17, 15) is 4.79 Å². The highest BCUT2D eigenvalue weighted by Crippen LogP contribution is 2.36. The summed E-state index contributed by atoms with van der Waals surface area (Å²) >= 11 is 4.47. The SMILES string of the molecule is COc1c(-c2nc3ccc(C(=O)O)cc3[nH]2)ccc(C)c1S. The third kappa shape index (κ3) is 2.31. The first-order valence-corrected chi connectivity index (χ1v) is 7.06. The van der Waals surface area contributed by atoms with Crippen LogP contribution in [0, 0.1) is 6.92 Å². The minimum atomic E-state index is -0.969. The van der Waals surface area contributed by atoms with Crippen molar-refractivity contribution < 1.29 is 14.6 Å². The summed E-state index contributed by atoms with van der Waals surface area (Å²) in [5.41, 5.74) is 3.37. The van der Waals surface area contributed by atoms with Gasteiger partial charge in [-0.1, -0.05) is 6.07 Å². The molecular weight excluding hydrogens is 300 g/mol. The van der Waals surface area contributed by atoms with Gasteiger partial charge in [0.15, 0.2) is 0 Å². The van der Waals surface area contributed by atoms with E-state index < -0.39 is 5.97 Å². The number of rotatable bonds is 3. The second-order valence-corrected chi connectivity index (χ2v) is 5.38. The molecule has 0 spiro atoms. The predicted octanol–water partition coefficient (Wildman–Crippen LogP) is 3.53. The highest BCUT2D eigenvalue weighted by molar-refractivity contribution is 7.80. The standard InChI is InChI=1S/C16H14N2O3S/c1-8-3-5-10(13(21-2)14(8)22)15-17-11-6-4-9(16(19)20)7-12(11)18-15/h3-7,22H,1-2H3,(H,17,18)(H,19,20). The lowest BCUT2D eigenvalue weighted by Crippen LogP contribution is -1.94. The predicted molar refractivity (Wildman–Crippen MR) is 87.0 cm³/mol. The van der Waals surface area contributed by atoms with Gasteiger partial charge < -0.3 is 14.8 Å². The number of hydrogen-bond acceptors (Lipinski definition) is 4. The quantitative estimate of drug-likeness (QED) is 0.646. The molecule has 3 aromatic rings. The molecule has 0 aliphatic rings. The fourth-order valence-electron chi connectivity index (χ4n) is 2.33. The normalized spacial score (nSPS) is 10.9. The number of aromatic carboxylic acids is 1. The molecule has 3 rings (SSSR count). The molecule has 0 aliphatic carbocycles. The molecule has 1 aromatic heterocycles. The molecule has 22 heavy (non-hydrogen) atoms. The van der Waals surface area contributed by atoms with Crippen LogP contribution in [0.5, 0.6) is 5.75 Å². The van der Waals surface area contributed by atoms with Crippen molar-refractivity contribution in [1.29, 1.82) is 0 Å². The third-order valence-corrected chi connectivity index (χ3v) is 4.08. The average Bonchev–Trinajstić information content (AvgIpc) is 2.92. The number of imidazole rings is 1. The van der Waals surface area contributed by atoms with Gasteiger partial charge in [-0.3, -0.25) is 0 Å². The number of carbonyl (C=O) groups is 1. The molecule has 0 aliphatic heterocycles. The second kappa shape index (κ2) is 5.38. The number of H-pyrrole nitrogens is 1. The van der Waals surface area contributed by atoms with Crippen LogP contribution < -0.4 is 4.74 Å². The van der Waals surface area contributed by atoms with Gasteiger partial charge in [-0.15, -0.1) is 12.6 Å². The molecule has 6 heteroatoms. The van der Waals surface area contributed by atoms with Crippen LogP contribution in [0.1, 0.15) is 15.9 Å². The van der Waals surface area contributed by atoms with E-state index in [1.807, 2.05) is 19.1 Å². The Bertz CT molecular complexity index is 886. The number of carboxylic acid groups (broad SMARTS) is 1. The summed E-state index contributed by atoms with van der Waals surface area (Å²) in [5.74, 6) is 0.286. The van der Waals surface area contributed by atoms with E-state index in [4.69, 9.17) is 9.84 Å². The molecule has 0 fully saturated rings. The van der Waals surface area contributed by atoms with E-state index in [-0.39, 0.29) is 5.56 Å². The Morgan fingerprint density at radius 3 is 2.77 bits per heavy atom. The first-order chi connectivity index (χ1) is 10.5. The molecule has 0 atom stereocenters. The molecule has 0 radical (unpaired) electrons. The number of aromatic nitrogens is 2. The minimum Gasteiger partial charge on any atom is -0.495 e. The highest BCUT2D eigenvalue weighted by atomic mass is 32.1. The summed E-state index contributed by atoms with van der Waals surface area (Å²) in [6.07, 6.45) is 0. The second-order valence-electron chi connectivity index (χ2n) is 4.93. The Labute approximate surface area is 132 Å². The Hall–Kier alpha value is -2.47. The smallest absolute Gasteiger partial charge is 0.335 e. The molecule has 2 aromatic carbocycles. The zero-order valence-electron chi connectivity index (χ0n) is 12.0. The van der Waals surface area contributed by atoms with Crippen molar-refractivity contribution in [2.45, 2.75) is 11.8 Å². The fraction of sp³-hybridized carbons (Fsp3) is 0.125. The van der Waals surface area contributed by atoms with Crippen LogP contribution in [0.25, 0.3) is 22.4 Å². The molecule has 0 amide bonds. The Morgan fingerprint density at radius 2 is 2.09 bits per heavy atom. The first-order valence-electron chi connectivity index (χ1n) is 6.61. The maximum Gasteiger partial charge on any atom is 0.335 e. The van der Waals surface area contributed by atoms with Crippen LogP contribution in [0.2, 0.25) is 0 Å². The van der Waals surface area contributed by atoms with Gasteiger partial charge >= 0.3 is 5.97 Å². The number of benzene rings is 2. The van der Waals surface area contributed by atoms with E-state index in [1.165, 1.54) is 6.07 Å². The van der Waals surface area contributed by atoms with Gasteiger partial charge in [0.2, 0.25) is 0 Å². The van der Waals surface area contributed by atoms with Crippen LogP contribution in [0.15, 0.2) is 35.2 Å². The van der Waals surface area contributed by atoms with E-state index in [0.717, 1.165) is 16.0 Å². The van der Waals surface area contributed by atoms with Crippen molar-refractivity contribution in [3.05, 3.63) is 41.5 Å². The lowest BCUT2D eigenvalue weighted by Gasteiger charge is -2.10. The van der Waals surface area contributed by atoms with Crippen molar-refractivity contribution in [1.82, 2.24) is 9.97 Å². The van der Waals surface area contributed by atoms with Gasteiger partial charge in [0.05, 0.1) is 29.3 Å². The Balaban J connectivity index is 2.19. The van der Waals surface area contributed by atoms with Gasteiger partial charge in [0.1, 0.15) is 11.6 Å². The lowest BCUT2D eigenvalue weighted by atomic mass is 10.1. The number of methoxy groups -OCH3 is 1. The topological polar surface area (TPSA) is 75.2 Å². The molecule has 0 unspecified atom stereocenters. The third-order valence-electron chi connectivity index (χ3n) is 3.52. The van der Waals surface area contributed by atoms with Crippen LogP contribution in [0.3, 0.4) is 0 Å². The molecular formula is C16H14N2O3S. The van der Waals surface area contributed by atoms with Crippen molar-refractivity contribution >= 4 is 29.6 Å². The zero-order valence-corrected chi connectivity index (χ0v) is 12.9. The maximum absolute atomic E-state index is 11.0. The molecule has 112 valence electrons. The molecule has 0 saturated carbocycles. The molecule has 5 nitrogen and oxygen atoms in total. The number of fused-ring (bicyclic) bond motifs is 1. The Kier molecular flexibility index (Phi) is 3.54. The average molecular weight is 314 g/mol. The number of nitrogens with one attached hydrogen (secondary N) is 1. The van der Waals surface area contributed by atoms with Crippen LogP contribution in [-0.4, -0.2) is 28.2 Å². The molecule has 0 bridgehead atoms. The van der Waals surface area contributed by atoms with Crippen molar-refractivity contribution in [2.75, 3.05) is 7.11 Å². The summed E-state index contributed by atoms with van der Waals surface area (Å²) in [4.78, 5) is 19.4. The highest BCUT2D eigenvalue weighted by Gasteiger charge is 2.15. The number of ether oxygens (including phenoxy) is 1. The van der Waals surface area contributed by atoms with Gasteiger partial charge in [0, 0.05) is 4.90 Å². The number of carboxylic acids is 1. The van der Waals surface area contributed by atoms with Crippen molar-refractivity contribution in [3.63, 3.8) is 0 Å². The number of hydrogen-bond donors (Lipinski definition) is 3. The minimum absolute atomic E-state index is 0.216. The summed E-state index contributed by atoms with van der Waals surface area (Å²) in [7, 11) is 1.59. The van der Waals surface area contributed by atoms with Crippen LogP contribution in [0.4, 0.5) is 0 Å². The number of aryl methyl sites for hydroxylation is 1. The number of nitrogens with zero attached hydrogens (tertiary/aromatic N) is 1. The van der Waals surface area contributed by atoms with Crippen molar-refractivity contribution in [3.8, 4) is 17.1 Å². The number of thiol groups is 1. The molecule has 2 N–H and O–H groups in total. The van der Waals surface area contributed by atoms with E-state index in [0.29, 0.717) is 22.6 Å². The van der Waals surface area contributed by atoms with Gasteiger partial charge in [-0.05, 0) is 36.8 Å². The monoisotopic (exact) mass is 314 g/mol. The maximum atomic E-state index is 11.0. The van der Waals surface area contributed by atoms with E-state index in [1.54, 1.807) is 19.2 Å². The number of aromatic amines is 1. The Morgan fingerprint density at radius 1 is 1.32 bits per heavy atom. The molecule has 1 heterocycles. The van der Waals surface area contributed by atoms with E-state index in [2.05, 4.69) is 22.6 Å². The van der Waals surface area contributed by atoms with Crippen molar-refractivity contribution in [2.24, 2.45) is 0 Å². The summed E-state index contributed by atoms with van der Waals surface area (Å²) < 4.78 is 5.44. The summed E-state index contributed by atoms with van der Waals surface area (Å²) in [6.45, 7) is 1.95. The first kappa shape index (κ1) is 14.5. The van der Waals surface area contributed by atoms with Gasteiger partial charge in [0.25, 0.3) is 0 Å². The lowest BCUT2D eigenvalue weighted by molar-refractivity contribution is 0.0697. The van der Waals surface area contributed by atoms with Gasteiger partial charge in [-0.2, -0.15) is 0 Å². The summed E-state index contributed by atoms with van der Waals surface area (Å²) in [6, 6.07) is 8.63. The summed E-state index contributed by atoms with van der Waals surface area (Å²) in [5, 5.41) is 9.05. The van der Waals surface area contributed by atoms with E-state index >= 15 is 0 Å². The largest absolute Gasteiger partial charge is 0.495 e. The van der Waals surface area contributed by atoms with Crippen LogP contribution in [-0.2, 0) is 0 Å². The van der Waals surface area contributed by atoms with Gasteiger partial charge in [-0.25, -0.2) is 9.78 Å². The fourth-order valence-corrected chi connectivity index (χ4v) is 2.62. The molecule has 0 saturated heterocycles. The zero-order chi connectivity index (χ0) is 15.9.